The number of carbonyl (C=O) groups excluding carboxylic acids is 1. The second kappa shape index (κ2) is 6.46. The number of fused-ring (bicyclic) bond motifs is 1. The summed E-state index contributed by atoms with van der Waals surface area (Å²) in [6, 6.07) is 0. The molecule has 7 heteroatoms. The number of amides is 1. The summed E-state index contributed by atoms with van der Waals surface area (Å²) in [5, 5.41) is 7.27. The molecule has 2 aromatic rings. The van der Waals surface area contributed by atoms with E-state index < -0.39 is 0 Å². The van der Waals surface area contributed by atoms with Gasteiger partial charge in [-0.1, -0.05) is 12.8 Å². The Bertz CT molecular complexity index is 861. The molecule has 0 aliphatic heterocycles. The Labute approximate surface area is 145 Å². The number of aromatic amines is 1. The third-order valence-electron chi connectivity index (χ3n) is 5.27. The Hall–Kier alpha value is -2.44. The first-order valence-electron chi connectivity index (χ1n) is 9.09. The SMILES string of the molecule is Cn1cc(C(=O)Nc2nc3c(c(=O)[nH]2)CCCC3)c(C2CCCC2)n1. The van der Waals surface area contributed by atoms with Crippen LogP contribution in [-0.4, -0.2) is 25.7 Å². The van der Waals surface area contributed by atoms with Gasteiger partial charge in [-0.15, -0.1) is 0 Å². The normalized spacial score (nSPS) is 17.5. The lowest BCUT2D eigenvalue weighted by Crippen LogP contribution is -2.25. The summed E-state index contributed by atoms with van der Waals surface area (Å²) in [4.78, 5) is 32.1. The minimum absolute atomic E-state index is 0.137. The first-order valence-corrected chi connectivity index (χ1v) is 9.09. The van der Waals surface area contributed by atoms with Gasteiger partial charge in [0.25, 0.3) is 11.5 Å². The molecule has 132 valence electrons. The van der Waals surface area contributed by atoms with Crippen molar-refractivity contribution in [3.05, 3.63) is 39.1 Å². The van der Waals surface area contributed by atoms with Crippen LogP contribution in [0.5, 0.6) is 0 Å². The maximum Gasteiger partial charge on any atom is 0.261 e. The van der Waals surface area contributed by atoms with Crippen molar-refractivity contribution in [2.75, 3.05) is 5.32 Å². The van der Waals surface area contributed by atoms with Gasteiger partial charge >= 0.3 is 0 Å². The van der Waals surface area contributed by atoms with Crippen molar-refractivity contribution >= 4 is 11.9 Å². The van der Waals surface area contributed by atoms with Gasteiger partial charge in [0.2, 0.25) is 5.95 Å². The fraction of sp³-hybridized carbons (Fsp3) is 0.556. The first-order chi connectivity index (χ1) is 12.1. The molecule has 0 radical (unpaired) electrons. The van der Waals surface area contributed by atoms with Gasteiger partial charge in [-0.05, 0) is 38.5 Å². The van der Waals surface area contributed by atoms with Crippen molar-refractivity contribution in [3.8, 4) is 0 Å². The van der Waals surface area contributed by atoms with Gasteiger partial charge in [0, 0.05) is 24.7 Å². The summed E-state index contributed by atoms with van der Waals surface area (Å²) < 4.78 is 1.69. The Morgan fingerprint density at radius 1 is 1.24 bits per heavy atom. The van der Waals surface area contributed by atoms with Crippen molar-refractivity contribution in [1.82, 2.24) is 19.7 Å². The summed E-state index contributed by atoms with van der Waals surface area (Å²) in [7, 11) is 1.83. The highest BCUT2D eigenvalue weighted by molar-refractivity contribution is 6.04. The highest BCUT2D eigenvalue weighted by Gasteiger charge is 2.26. The number of carbonyl (C=O) groups is 1. The van der Waals surface area contributed by atoms with E-state index in [1.807, 2.05) is 7.05 Å². The second-order valence-corrected chi connectivity index (χ2v) is 7.08. The number of rotatable bonds is 3. The van der Waals surface area contributed by atoms with Crippen LogP contribution in [0, 0.1) is 0 Å². The number of aryl methyl sites for hydroxylation is 2. The number of nitrogens with zero attached hydrogens (tertiary/aromatic N) is 3. The minimum Gasteiger partial charge on any atom is -0.292 e. The van der Waals surface area contributed by atoms with Crippen LogP contribution in [0.4, 0.5) is 5.95 Å². The standard InChI is InChI=1S/C18H23N5O2/c1-23-10-13(15(22-23)11-6-2-3-7-11)17(25)21-18-19-14-9-5-4-8-12(14)16(24)20-18/h10-11H,2-9H2,1H3,(H2,19,20,21,24,25). The monoisotopic (exact) mass is 341 g/mol. The molecular weight excluding hydrogens is 318 g/mol. The predicted molar refractivity (Wildman–Crippen MR) is 93.9 cm³/mol. The molecule has 25 heavy (non-hydrogen) atoms. The molecule has 7 nitrogen and oxygen atoms in total. The zero-order chi connectivity index (χ0) is 17.4. The average Bonchev–Trinajstić information content (AvgIpc) is 3.24. The van der Waals surface area contributed by atoms with Gasteiger partial charge in [0.15, 0.2) is 0 Å². The topological polar surface area (TPSA) is 92.7 Å². The smallest absolute Gasteiger partial charge is 0.261 e. The summed E-state index contributed by atoms with van der Waals surface area (Å²) in [5.41, 5.74) is 2.87. The maximum absolute atomic E-state index is 12.8. The summed E-state index contributed by atoms with van der Waals surface area (Å²) in [6.07, 6.45) is 9.87. The molecule has 0 aromatic carbocycles. The van der Waals surface area contributed by atoms with Crippen molar-refractivity contribution in [2.24, 2.45) is 7.05 Å². The van der Waals surface area contributed by atoms with E-state index in [9.17, 15) is 9.59 Å². The number of aromatic nitrogens is 4. The van der Waals surface area contributed by atoms with Gasteiger partial charge in [-0.3, -0.25) is 24.6 Å². The zero-order valence-corrected chi connectivity index (χ0v) is 14.5. The van der Waals surface area contributed by atoms with Gasteiger partial charge in [-0.25, -0.2) is 4.98 Å². The highest BCUT2D eigenvalue weighted by Crippen LogP contribution is 2.35. The molecule has 0 unspecified atom stereocenters. The van der Waals surface area contributed by atoms with Crippen molar-refractivity contribution < 1.29 is 4.79 Å². The van der Waals surface area contributed by atoms with Crippen LogP contribution < -0.4 is 10.9 Å². The summed E-state index contributed by atoms with van der Waals surface area (Å²) in [5.74, 6) is 0.322. The van der Waals surface area contributed by atoms with E-state index in [2.05, 4.69) is 20.4 Å². The van der Waals surface area contributed by atoms with Gasteiger partial charge in [0.05, 0.1) is 17.0 Å². The van der Waals surface area contributed by atoms with Crippen molar-refractivity contribution in [1.29, 1.82) is 0 Å². The lowest BCUT2D eigenvalue weighted by Gasteiger charge is -2.15. The van der Waals surface area contributed by atoms with E-state index in [1.165, 1.54) is 12.8 Å². The zero-order valence-electron chi connectivity index (χ0n) is 14.5. The molecule has 0 saturated heterocycles. The summed E-state index contributed by atoms with van der Waals surface area (Å²) >= 11 is 0. The molecule has 1 fully saturated rings. The van der Waals surface area contributed by atoms with E-state index in [-0.39, 0.29) is 17.4 Å². The Morgan fingerprint density at radius 3 is 2.80 bits per heavy atom. The lowest BCUT2D eigenvalue weighted by molar-refractivity contribution is 0.102. The van der Waals surface area contributed by atoms with Gasteiger partial charge in [0.1, 0.15) is 0 Å². The molecule has 0 spiro atoms. The van der Waals surface area contributed by atoms with E-state index in [4.69, 9.17) is 0 Å². The minimum atomic E-state index is -0.256. The quantitative estimate of drug-likeness (QED) is 0.896. The fourth-order valence-corrected chi connectivity index (χ4v) is 4.02. The average molecular weight is 341 g/mol. The first kappa shape index (κ1) is 16.1. The van der Waals surface area contributed by atoms with Crippen LogP contribution in [0.1, 0.15) is 71.8 Å². The third kappa shape index (κ3) is 3.10. The number of nitrogens with one attached hydrogen (secondary N) is 2. The molecule has 0 atom stereocenters. The highest BCUT2D eigenvalue weighted by atomic mass is 16.2. The van der Waals surface area contributed by atoms with Crippen LogP contribution in [0.2, 0.25) is 0 Å². The second-order valence-electron chi connectivity index (χ2n) is 7.08. The fourth-order valence-electron chi connectivity index (χ4n) is 4.02. The molecule has 4 rings (SSSR count). The Kier molecular flexibility index (Phi) is 4.15. The third-order valence-corrected chi connectivity index (χ3v) is 5.27. The molecule has 1 saturated carbocycles. The van der Waals surface area contributed by atoms with E-state index in [0.29, 0.717) is 11.5 Å². The van der Waals surface area contributed by atoms with Crippen molar-refractivity contribution in [2.45, 2.75) is 57.3 Å². The van der Waals surface area contributed by atoms with Gasteiger partial charge < -0.3 is 0 Å². The van der Waals surface area contributed by atoms with Crippen LogP contribution >= 0.6 is 0 Å². The van der Waals surface area contributed by atoms with Crippen LogP contribution in [0.15, 0.2) is 11.0 Å². The summed E-state index contributed by atoms with van der Waals surface area (Å²) in [6.45, 7) is 0. The van der Waals surface area contributed by atoms with E-state index >= 15 is 0 Å². The number of hydrogen-bond donors (Lipinski definition) is 2. The number of H-pyrrole nitrogens is 1. The van der Waals surface area contributed by atoms with Crippen LogP contribution in [-0.2, 0) is 19.9 Å². The molecule has 2 N–H and O–H groups in total. The van der Waals surface area contributed by atoms with Crippen molar-refractivity contribution in [3.63, 3.8) is 0 Å². The Morgan fingerprint density at radius 2 is 2.00 bits per heavy atom. The van der Waals surface area contributed by atoms with Crippen LogP contribution in [0.25, 0.3) is 0 Å². The molecule has 2 aromatic heterocycles. The lowest BCUT2D eigenvalue weighted by atomic mass is 9.97. The molecule has 1 amide bonds. The van der Waals surface area contributed by atoms with Crippen LogP contribution in [0.3, 0.4) is 0 Å². The molecule has 2 aliphatic rings. The van der Waals surface area contributed by atoms with E-state index in [1.54, 1.807) is 10.9 Å². The number of hydrogen-bond acceptors (Lipinski definition) is 4. The molecular formula is C18H23N5O2. The van der Waals surface area contributed by atoms with E-state index in [0.717, 1.165) is 55.5 Å². The number of anilines is 1. The largest absolute Gasteiger partial charge is 0.292 e. The maximum atomic E-state index is 12.8. The molecule has 2 heterocycles. The Balaban J connectivity index is 1.60. The predicted octanol–water partition coefficient (Wildman–Crippen LogP) is 2.29. The molecule has 0 bridgehead atoms. The molecule has 2 aliphatic carbocycles. The van der Waals surface area contributed by atoms with Gasteiger partial charge in [-0.2, -0.15) is 5.10 Å².